The Hall–Kier alpha value is -3.77. The van der Waals surface area contributed by atoms with E-state index in [9.17, 15) is 0 Å². The molecule has 0 fully saturated rings. The summed E-state index contributed by atoms with van der Waals surface area (Å²) >= 11 is 1.87. The van der Waals surface area contributed by atoms with Crippen molar-refractivity contribution in [3.8, 4) is 0 Å². The Bertz CT molecular complexity index is 1760. The fraction of sp³-hybridized carbons (Fsp3) is 0.222. The van der Waals surface area contributed by atoms with Crippen LogP contribution < -0.4 is 10.6 Å². The Kier molecular flexibility index (Phi) is 6.06. The Morgan fingerprint density at radius 2 is 1.00 bits per heavy atom. The minimum absolute atomic E-state index is 0.207. The monoisotopic (exact) mass is 554 g/mol. The standard InChI is InChI=1S/C36H34N4S/c1-21-9-13-23(14-10-21)33-31-25-5-3-7-29(35(25)39-27(31)17-19-37-33)41-30-8-4-6-26-32-28(40-36(26)30)18-20-38-34(32)24-15-11-22(2)12-16-24/h3-16,33-34,37-40H,17-20H2,1-2H3. The largest absolute Gasteiger partial charge is 0.357 e. The summed E-state index contributed by atoms with van der Waals surface area (Å²) in [7, 11) is 0. The number of H-pyrrole nitrogens is 2. The number of fused-ring (bicyclic) bond motifs is 6. The molecule has 0 amide bonds. The van der Waals surface area contributed by atoms with Crippen molar-refractivity contribution < 1.29 is 0 Å². The van der Waals surface area contributed by atoms with E-state index in [0.717, 1.165) is 25.9 Å². The summed E-state index contributed by atoms with van der Waals surface area (Å²) in [6.07, 6.45) is 2.03. The van der Waals surface area contributed by atoms with E-state index in [0.29, 0.717) is 0 Å². The van der Waals surface area contributed by atoms with Gasteiger partial charge in [0.15, 0.2) is 0 Å². The summed E-state index contributed by atoms with van der Waals surface area (Å²) in [5, 5.41) is 10.2. The molecule has 0 aliphatic carbocycles. The molecule has 2 atom stereocenters. The van der Waals surface area contributed by atoms with E-state index in [1.807, 2.05) is 11.8 Å². The number of benzene rings is 4. The maximum absolute atomic E-state index is 3.87. The van der Waals surface area contributed by atoms with Crippen LogP contribution in [0.15, 0.2) is 94.7 Å². The molecule has 0 spiro atoms. The zero-order valence-corrected chi connectivity index (χ0v) is 24.3. The molecule has 6 aromatic rings. The highest BCUT2D eigenvalue weighted by Crippen LogP contribution is 2.43. The zero-order valence-electron chi connectivity index (χ0n) is 23.5. The molecule has 4 nitrogen and oxygen atoms in total. The van der Waals surface area contributed by atoms with Gasteiger partial charge in [-0.15, -0.1) is 0 Å². The van der Waals surface area contributed by atoms with E-state index >= 15 is 0 Å². The molecule has 8 rings (SSSR count). The first-order chi connectivity index (χ1) is 20.1. The van der Waals surface area contributed by atoms with Crippen molar-refractivity contribution in [3.05, 3.63) is 130 Å². The van der Waals surface area contributed by atoms with Crippen LogP contribution in [-0.4, -0.2) is 23.1 Å². The van der Waals surface area contributed by atoms with Crippen molar-refractivity contribution in [2.45, 2.75) is 48.6 Å². The van der Waals surface area contributed by atoms with Gasteiger partial charge in [0.25, 0.3) is 0 Å². The van der Waals surface area contributed by atoms with Crippen LogP contribution in [0.5, 0.6) is 0 Å². The predicted molar refractivity (Wildman–Crippen MR) is 170 cm³/mol. The quantitative estimate of drug-likeness (QED) is 0.179. The van der Waals surface area contributed by atoms with Gasteiger partial charge in [0.05, 0.1) is 23.1 Å². The summed E-state index contributed by atoms with van der Waals surface area (Å²) in [4.78, 5) is 10.3. The molecule has 41 heavy (non-hydrogen) atoms. The second kappa shape index (κ2) is 9.95. The highest BCUT2D eigenvalue weighted by atomic mass is 32.2. The number of para-hydroxylation sites is 2. The summed E-state index contributed by atoms with van der Waals surface area (Å²) < 4.78 is 0. The molecule has 5 heteroatoms. The lowest BCUT2D eigenvalue weighted by molar-refractivity contribution is 0.567. The van der Waals surface area contributed by atoms with E-state index in [1.165, 1.54) is 76.4 Å². The van der Waals surface area contributed by atoms with Gasteiger partial charge in [-0.2, -0.15) is 0 Å². The minimum atomic E-state index is 0.207. The number of nitrogens with one attached hydrogen (secondary N) is 4. The van der Waals surface area contributed by atoms with Crippen molar-refractivity contribution in [1.82, 2.24) is 20.6 Å². The Morgan fingerprint density at radius 3 is 1.44 bits per heavy atom. The molecule has 0 saturated heterocycles. The van der Waals surface area contributed by atoms with E-state index in [2.05, 4.69) is 119 Å². The van der Waals surface area contributed by atoms with Gasteiger partial charge < -0.3 is 20.6 Å². The van der Waals surface area contributed by atoms with E-state index in [1.54, 1.807) is 0 Å². The van der Waals surface area contributed by atoms with Crippen molar-refractivity contribution >= 4 is 33.6 Å². The van der Waals surface area contributed by atoms with Crippen LogP contribution in [0, 0.1) is 13.8 Å². The lowest BCUT2D eigenvalue weighted by Gasteiger charge is -2.25. The van der Waals surface area contributed by atoms with Crippen LogP contribution in [-0.2, 0) is 12.8 Å². The number of aromatic nitrogens is 2. The summed E-state index contributed by atoms with van der Waals surface area (Å²) in [5.41, 5.74) is 13.3. The SMILES string of the molecule is Cc1ccc(C2NCCc3[nH]c4c(Sc5cccc6c7c([nH]c56)CCNC7c5ccc(C)cc5)cccc4c32)cc1. The highest BCUT2D eigenvalue weighted by molar-refractivity contribution is 7.99. The smallest absolute Gasteiger partial charge is 0.0601 e. The van der Waals surface area contributed by atoms with Crippen molar-refractivity contribution in [2.24, 2.45) is 0 Å². The Labute approximate surface area is 245 Å². The fourth-order valence-corrected chi connectivity index (χ4v) is 7.90. The van der Waals surface area contributed by atoms with Crippen LogP contribution in [0.4, 0.5) is 0 Å². The molecular formula is C36H34N4S. The fourth-order valence-electron chi connectivity index (χ4n) is 6.85. The molecule has 0 saturated carbocycles. The van der Waals surface area contributed by atoms with Crippen LogP contribution in [0.25, 0.3) is 21.8 Å². The first-order valence-corrected chi connectivity index (χ1v) is 15.5. The molecule has 4 aromatic carbocycles. The normalized spacial score (nSPS) is 18.5. The molecule has 0 bridgehead atoms. The second-order valence-corrected chi connectivity index (χ2v) is 12.7. The summed E-state index contributed by atoms with van der Waals surface area (Å²) in [6, 6.07) is 31.9. The van der Waals surface area contributed by atoms with Crippen LogP contribution in [0.3, 0.4) is 0 Å². The van der Waals surface area contributed by atoms with Gasteiger partial charge in [0.2, 0.25) is 0 Å². The molecule has 0 radical (unpaired) electrons. The van der Waals surface area contributed by atoms with Gasteiger partial charge in [-0.05, 0) is 37.1 Å². The maximum atomic E-state index is 3.87. The van der Waals surface area contributed by atoms with Gasteiger partial charge in [-0.3, -0.25) is 0 Å². The molecular weight excluding hydrogens is 520 g/mol. The van der Waals surface area contributed by atoms with Gasteiger partial charge in [0, 0.05) is 69.0 Å². The number of rotatable bonds is 4. The average Bonchev–Trinajstić information content (AvgIpc) is 3.58. The molecule has 2 unspecified atom stereocenters. The first-order valence-electron chi connectivity index (χ1n) is 14.7. The second-order valence-electron chi connectivity index (χ2n) is 11.6. The molecule has 4 N–H and O–H groups in total. The number of hydrogen-bond acceptors (Lipinski definition) is 3. The number of hydrogen-bond donors (Lipinski definition) is 4. The molecule has 2 aliphatic heterocycles. The summed E-state index contributed by atoms with van der Waals surface area (Å²) in [6.45, 7) is 6.26. The molecule has 2 aromatic heterocycles. The van der Waals surface area contributed by atoms with E-state index in [-0.39, 0.29) is 12.1 Å². The first kappa shape index (κ1) is 25.0. The lowest BCUT2D eigenvalue weighted by Crippen LogP contribution is -2.30. The number of aryl methyl sites for hydroxylation is 2. The van der Waals surface area contributed by atoms with E-state index < -0.39 is 0 Å². The lowest BCUT2D eigenvalue weighted by atomic mass is 9.92. The molecule has 4 heterocycles. The topological polar surface area (TPSA) is 55.6 Å². The third-order valence-electron chi connectivity index (χ3n) is 8.90. The van der Waals surface area contributed by atoms with E-state index in [4.69, 9.17) is 0 Å². The summed E-state index contributed by atoms with van der Waals surface area (Å²) in [5.74, 6) is 0. The highest BCUT2D eigenvalue weighted by Gasteiger charge is 2.28. The number of aromatic amines is 2. The van der Waals surface area contributed by atoms with Crippen LogP contribution >= 0.6 is 11.8 Å². The van der Waals surface area contributed by atoms with Gasteiger partial charge in [-0.1, -0.05) is 95.7 Å². The average molecular weight is 555 g/mol. The maximum Gasteiger partial charge on any atom is 0.0601 e. The van der Waals surface area contributed by atoms with Crippen molar-refractivity contribution in [3.63, 3.8) is 0 Å². The zero-order chi connectivity index (χ0) is 27.5. The van der Waals surface area contributed by atoms with Gasteiger partial charge in [0.1, 0.15) is 0 Å². The Morgan fingerprint density at radius 1 is 0.561 bits per heavy atom. The third-order valence-corrected chi connectivity index (χ3v) is 10.0. The molecule has 204 valence electrons. The van der Waals surface area contributed by atoms with Gasteiger partial charge in [-0.25, -0.2) is 0 Å². The van der Waals surface area contributed by atoms with Crippen LogP contribution in [0.1, 0.15) is 56.9 Å². The van der Waals surface area contributed by atoms with Crippen molar-refractivity contribution in [1.29, 1.82) is 0 Å². The predicted octanol–water partition coefficient (Wildman–Crippen LogP) is 7.89. The minimum Gasteiger partial charge on any atom is -0.357 e. The van der Waals surface area contributed by atoms with Gasteiger partial charge >= 0.3 is 0 Å². The third kappa shape index (κ3) is 4.23. The molecule has 2 aliphatic rings. The Balaban J connectivity index is 1.20. The van der Waals surface area contributed by atoms with Crippen molar-refractivity contribution in [2.75, 3.05) is 13.1 Å². The van der Waals surface area contributed by atoms with Crippen LogP contribution in [0.2, 0.25) is 0 Å².